The number of ether oxygens (including phenoxy) is 1. The van der Waals surface area contributed by atoms with E-state index in [1.807, 2.05) is 79.7 Å². The van der Waals surface area contributed by atoms with Crippen LogP contribution in [0.4, 0.5) is 0 Å². The minimum absolute atomic E-state index is 0.0277. The Kier molecular flexibility index (Phi) is 8.98. The molecule has 0 spiro atoms. The maximum Gasteiger partial charge on any atom is 0.130 e. The Bertz CT molecular complexity index is 1140. The number of nitrogens with zero attached hydrogens (tertiary/aromatic N) is 3. The topological polar surface area (TPSA) is 72.9 Å². The standard InChI is InChI=1S/C27H27ClN4O/c1-3-5-22-8-13-25(32-27(22)4-2)18-33-26-14-9-21(10-15-26)23(17-30-31-19-29)16-20-6-11-24(28)12-7-20/h3-15,17,19,23H,2,16,18H2,1H3,(H2,29,31)/b5-3?,30-17+. The van der Waals surface area contributed by atoms with Crippen LogP contribution in [0.15, 0.2) is 83.5 Å². The average Bonchev–Trinajstić information content (AvgIpc) is 2.84. The molecule has 2 aromatic carbocycles. The van der Waals surface area contributed by atoms with Crippen LogP contribution < -0.4 is 10.5 Å². The van der Waals surface area contributed by atoms with E-state index in [0.29, 0.717) is 11.6 Å². The predicted octanol–water partition coefficient (Wildman–Crippen LogP) is 6.29. The quantitative estimate of drug-likeness (QED) is 0.220. The number of halogens is 1. The fourth-order valence-electron chi connectivity index (χ4n) is 3.35. The molecule has 6 heteroatoms. The van der Waals surface area contributed by atoms with Gasteiger partial charge >= 0.3 is 0 Å². The van der Waals surface area contributed by atoms with E-state index in [1.54, 1.807) is 12.3 Å². The molecule has 168 valence electrons. The van der Waals surface area contributed by atoms with Gasteiger partial charge in [0, 0.05) is 17.2 Å². The van der Waals surface area contributed by atoms with Gasteiger partial charge in [-0.3, -0.25) is 0 Å². The summed E-state index contributed by atoms with van der Waals surface area (Å²) in [6.07, 6.45) is 9.47. The Labute approximate surface area is 200 Å². The molecule has 33 heavy (non-hydrogen) atoms. The zero-order valence-electron chi connectivity index (χ0n) is 18.6. The van der Waals surface area contributed by atoms with Crippen LogP contribution in [-0.4, -0.2) is 17.5 Å². The van der Waals surface area contributed by atoms with E-state index >= 15 is 0 Å². The summed E-state index contributed by atoms with van der Waals surface area (Å²) in [5, 5.41) is 8.53. The summed E-state index contributed by atoms with van der Waals surface area (Å²) >= 11 is 6.01. The summed E-state index contributed by atoms with van der Waals surface area (Å²) in [5.74, 6) is 0.792. The number of rotatable bonds is 10. The van der Waals surface area contributed by atoms with Crippen molar-refractivity contribution in [1.29, 1.82) is 0 Å². The number of pyridine rings is 1. The molecule has 0 saturated heterocycles. The molecule has 3 rings (SSSR count). The summed E-state index contributed by atoms with van der Waals surface area (Å²) in [4.78, 5) is 4.62. The summed E-state index contributed by atoms with van der Waals surface area (Å²) < 4.78 is 5.95. The highest BCUT2D eigenvalue weighted by molar-refractivity contribution is 6.30. The average molecular weight is 459 g/mol. The first kappa shape index (κ1) is 24.0. The van der Waals surface area contributed by atoms with Crippen molar-refractivity contribution in [2.45, 2.75) is 25.9 Å². The van der Waals surface area contributed by atoms with Gasteiger partial charge in [-0.15, -0.1) is 5.10 Å². The second-order valence-corrected chi connectivity index (χ2v) is 7.74. The normalized spacial score (nSPS) is 12.5. The molecule has 5 nitrogen and oxygen atoms in total. The van der Waals surface area contributed by atoms with Crippen molar-refractivity contribution in [2.24, 2.45) is 15.9 Å². The lowest BCUT2D eigenvalue weighted by Gasteiger charge is -2.14. The van der Waals surface area contributed by atoms with Gasteiger partial charge in [-0.25, -0.2) is 4.98 Å². The lowest BCUT2D eigenvalue weighted by Crippen LogP contribution is -2.05. The van der Waals surface area contributed by atoms with E-state index in [2.05, 4.69) is 21.8 Å². The number of allylic oxidation sites excluding steroid dienone is 1. The number of hydrogen-bond acceptors (Lipinski definition) is 4. The first-order valence-electron chi connectivity index (χ1n) is 10.6. The fraction of sp³-hybridized carbons (Fsp3) is 0.148. The predicted molar refractivity (Wildman–Crippen MR) is 139 cm³/mol. The van der Waals surface area contributed by atoms with Crippen LogP contribution in [0.1, 0.15) is 40.9 Å². The van der Waals surface area contributed by atoms with Gasteiger partial charge in [-0.2, -0.15) is 5.10 Å². The zero-order valence-corrected chi connectivity index (χ0v) is 19.3. The Morgan fingerprint density at radius 1 is 1.06 bits per heavy atom. The van der Waals surface area contributed by atoms with Gasteiger partial charge in [0.05, 0.1) is 11.4 Å². The molecule has 0 aliphatic rings. The van der Waals surface area contributed by atoms with Crippen molar-refractivity contribution in [3.05, 3.63) is 106 Å². The maximum atomic E-state index is 6.01. The van der Waals surface area contributed by atoms with Crippen LogP contribution in [0.5, 0.6) is 5.75 Å². The van der Waals surface area contributed by atoms with Crippen molar-refractivity contribution in [3.8, 4) is 5.75 Å². The van der Waals surface area contributed by atoms with Crippen molar-refractivity contribution >= 4 is 36.3 Å². The minimum Gasteiger partial charge on any atom is -0.487 e. The van der Waals surface area contributed by atoms with Crippen LogP contribution in [0.3, 0.4) is 0 Å². The lowest BCUT2D eigenvalue weighted by atomic mass is 9.93. The molecular formula is C27H27ClN4O. The summed E-state index contributed by atoms with van der Waals surface area (Å²) in [6, 6.07) is 19.8. The molecule has 0 fully saturated rings. The highest BCUT2D eigenvalue weighted by Gasteiger charge is 2.11. The molecule has 1 atom stereocenters. The number of aromatic nitrogens is 1. The maximum absolute atomic E-state index is 6.01. The van der Waals surface area contributed by atoms with Crippen LogP contribution in [-0.2, 0) is 13.0 Å². The molecule has 0 amide bonds. The third-order valence-corrected chi connectivity index (χ3v) is 5.25. The first-order valence-corrected chi connectivity index (χ1v) is 11.0. The molecule has 1 unspecified atom stereocenters. The highest BCUT2D eigenvalue weighted by atomic mass is 35.5. The van der Waals surface area contributed by atoms with E-state index in [4.69, 9.17) is 22.1 Å². The Morgan fingerprint density at radius 3 is 2.48 bits per heavy atom. The van der Waals surface area contributed by atoms with Crippen LogP contribution in [0, 0.1) is 0 Å². The molecule has 2 N–H and O–H groups in total. The van der Waals surface area contributed by atoms with Crippen molar-refractivity contribution in [1.82, 2.24) is 4.98 Å². The lowest BCUT2D eigenvalue weighted by molar-refractivity contribution is 0.301. The van der Waals surface area contributed by atoms with E-state index < -0.39 is 0 Å². The smallest absolute Gasteiger partial charge is 0.130 e. The molecular weight excluding hydrogens is 432 g/mol. The minimum atomic E-state index is 0.0277. The first-order chi connectivity index (χ1) is 16.1. The Morgan fingerprint density at radius 2 is 1.82 bits per heavy atom. The van der Waals surface area contributed by atoms with Gasteiger partial charge in [0.25, 0.3) is 0 Å². The second-order valence-electron chi connectivity index (χ2n) is 7.31. The SMILES string of the molecule is C=Cc1nc(COc2ccc(C(/C=N/N=CN)Cc3ccc(Cl)cc3)cc2)ccc1C=CC. The molecule has 1 heterocycles. The summed E-state index contributed by atoms with van der Waals surface area (Å²) in [7, 11) is 0. The van der Waals surface area contributed by atoms with Gasteiger partial charge in [-0.05, 0) is 66.4 Å². The molecule has 0 radical (unpaired) electrons. The van der Waals surface area contributed by atoms with Gasteiger partial charge < -0.3 is 10.5 Å². The summed E-state index contributed by atoms with van der Waals surface area (Å²) in [6.45, 7) is 6.20. The largest absolute Gasteiger partial charge is 0.487 e. The summed E-state index contributed by atoms with van der Waals surface area (Å²) in [5.41, 5.74) is 10.3. The molecule has 0 saturated carbocycles. The third kappa shape index (κ3) is 7.16. The molecule has 0 aliphatic heterocycles. The van der Waals surface area contributed by atoms with Crippen LogP contribution >= 0.6 is 11.6 Å². The monoisotopic (exact) mass is 458 g/mol. The van der Waals surface area contributed by atoms with E-state index in [-0.39, 0.29) is 5.92 Å². The van der Waals surface area contributed by atoms with E-state index in [9.17, 15) is 0 Å². The van der Waals surface area contributed by atoms with E-state index in [1.165, 1.54) is 6.34 Å². The molecule has 1 aromatic heterocycles. The zero-order chi connectivity index (χ0) is 23.5. The fourth-order valence-corrected chi connectivity index (χ4v) is 3.48. The van der Waals surface area contributed by atoms with Gasteiger partial charge in [0.2, 0.25) is 0 Å². The van der Waals surface area contributed by atoms with Gasteiger partial charge in [0.1, 0.15) is 18.7 Å². The number of benzene rings is 2. The Hall–Kier alpha value is -3.70. The Balaban J connectivity index is 1.70. The second kappa shape index (κ2) is 12.4. The van der Waals surface area contributed by atoms with Crippen molar-refractivity contribution < 1.29 is 4.74 Å². The van der Waals surface area contributed by atoms with Gasteiger partial charge in [0.15, 0.2) is 0 Å². The van der Waals surface area contributed by atoms with Crippen molar-refractivity contribution in [3.63, 3.8) is 0 Å². The molecule has 3 aromatic rings. The highest BCUT2D eigenvalue weighted by Crippen LogP contribution is 2.24. The third-order valence-electron chi connectivity index (χ3n) is 5.00. The van der Waals surface area contributed by atoms with Crippen molar-refractivity contribution in [2.75, 3.05) is 0 Å². The van der Waals surface area contributed by atoms with Gasteiger partial charge in [-0.1, -0.05) is 60.7 Å². The van der Waals surface area contributed by atoms with E-state index in [0.717, 1.165) is 40.2 Å². The van der Waals surface area contributed by atoms with Crippen LogP contribution in [0.2, 0.25) is 5.02 Å². The number of hydrogen-bond donors (Lipinski definition) is 1. The molecule has 0 aliphatic carbocycles. The molecule has 0 bridgehead atoms. The number of nitrogens with two attached hydrogens (primary N) is 1. The van der Waals surface area contributed by atoms with Crippen LogP contribution in [0.25, 0.3) is 12.2 Å².